The highest BCUT2D eigenvalue weighted by Gasteiger charge is 2.14. The van der Waals surface area contributed by atoms with Gasteiger partial charge in [-0.05, 0) is 19.4 Å². The van der Waals surface area contributed by atoms with Crippen LogP contribution < -0.4 is 10.6 Å². The van der Waals surface area contributed by atoms with Crippen molar-refractivity contribution in [3.63, 3.8) is 0 Å². The molecular formula is C8H16N2O. The number of carbonyl (C=O) groups is 1. The number of rotatable bonds is 2. The quantitative estimate of drug-likeness (QED) is 0.602. The van der Waals surface area contributed by atoms with Gasteiger partial charge < -0.3 is 10.6 Å². The van der Waals surface area contributed by atoms with Crippen molar-refractivity contribution in [1.29, 1.82) is 0 Å². The number of carbonyl (C=O) groups excluding carboxylic acids is 1. The van der Waals surface area contributed by atoms with Gasteiger partial charge >= 0.3 is 0 Å². The minimum absolute atomic E-state index is 0.143. The summed E-state index contributed by atoms with van der Waals surface area (Å²) < 4.78 is 0. The molecular weight excluding hydrogens is 140 g/mol. The van der Waals surface area contributed by atoms with E-state index in [1.807, 2.05) is 0 Å². The number of hydrogen-bond acceptors (Lipinski definition) is 2. The van der Waals surface area contributed by atoms with Crippen molar-refractivity contribution < 1.29 is 4.79 Å². The SMILES string of the molecule is CNC(=O)CC1CCCCN1. The van der Waals surface area contributed by atoms with Gasteiger partial charge in [-0.3, -0.25) is 4.79 Å². The smallest absolute Gasteiger partial charge is 0.221 e. The summed E-state index contributed by atoms with van der Waals surface area (Å²) in [6.07, 6.45) is 4.29. The van der Waals surface area contributed by atoms with Crippen LogP contribution in [0.1, 0.15) is 25.7 Å². The van der Waals surface area contributed by atoms with Crippen molar-refractivity contribution in [3.8, 4) is 0 Å². The molecule has 3 heteroatoms. The Kier molecular flexibility index (Phi) is 3.36. The monoisotopic (exact) mass is 156 g/mol. The van der Waals surface area contributed by atoms with Crippen LogP contribution in [-0.2, 0) is 4.79 Å². The minimum Gasteiger partial charge on any atom is -0.359 e. The molecule has 64 valence electrons. The minimum atomic E-state index is 0.143. The van der Waals surface area contributed by atoms with Crippen LogP contribution in [0.25, 0.3) is 0 Å². The highest BCUT2D eigenvalue weighted by molar-refractivity contribution is 5.76. The Morgan fingerprint density at radius 2 is 2.45 bits per heavy atom. The molecule has 0 spiro atoms. The van der Waals surface area contributed by atoms with E-state index >= 15 is 0 Å². The molecule has 1 heterocycles. The van der Waals surface area contributed by atoms with Crippen molar-refractivity contribution in [3.05, 3.63) is 0 Å². The average molecular weight is 156 g/mol. The maximum atomic E-state index is 10.9. The van der Waals surface area contributed by atoms with Gasteiger partial charge in [-0.2, -0.15) is 0 Å². The molecule has 1 atom stereocenters. The normalized spacial score (nSPS) is 24.6. The summed E-state index contributed by atoms with van der Waals surface area (Å²) >= 11 is 0. The molecule has 0 aliphatic carbocycles. The third kappa shape index (κ3) is 2.89. The third-order valence-electron chi connectivity index (χ3n) is 2.12. The summed E-state index contributed by atoms with van der Waals surface area (Å²) in [5.74, 6) is 0.143. The van der Waals surface area contributed by atoms with Gasteiger partial charge in [-0.15, -0.1) is 0 Å². The fourth-order valence-electron chi connectivity index (χ4n) is 1.42. The lowest BCUT2D eigenvalue weighted by Crippen LogP contribution is -2.37. The Morgan fingerprint density at radius 3 is 3.00 bits per heavy atom. The topological polar surface area (TPSA) is 41.1 Å². The van der Waals surface area contributed by atoms with Gasteiger partial charge in [0.2, 0.25) is 5.91 Å². The molecule has 1 fully saturated rings. The molecule has 0 aromatic heterocycles. The molecule has 1 unspecified atom stereocenters. The summed E-state index contributed by atoms with van der Waals surface area (Å²) in [5, 5.41) is 5.96. The highest BCUT2D eigenvalue weighted by Crippen LogP contribution is 2.09. The molecule has 11 heavy (non-hydrogen) atoms. The van der Waals surface area contributed by atoms with E-state index in [1.54, 1.807) is 7.05 Å². The molecule has 1 rings (SSSR count). The lowest BCUT2D eigenvalue weighted by molar-refractivity contribution is -0.121. The molecule has 2 N–H and O–H groups in total. The summed E-state index contributed by atoms with van der Waals surface area (Å²) in [5.41, 5.74) is 0. The average Bonchev–Trinajstić information content (AvgIpc) is 2.06. The van der Waals surface area contributed by atoms with Crippen LogP contribution in [0.2, 0.25) is 0 Å². The fraction of sp³-hybridized carbons (Fsp3) is 0.875. The Balaban J connectivity index is 2.19. The van der Waals surface area contributed by atoms with Crippen LogP contribution in [-0.4, -0.2) is 25.5 Å². The van der Waals surface area contributed by atoms with Crippen molar-refractivity contribution in [1.82, 2.24) is 10.6 Å². The largest absolute Gasteiger partial charge is 0.359 e. The Labute approximate surface area is 67.5 Å². The number of piperidine rings is 1. The van der Waals surface area contributed by atoms with E-state index < -0.39 is 0 Å². The number of amides is 1. The summed E-state index contributed by atoms with van der Waals surface area (Å²) in [6.45, 7) is 1.07. The Hall–Kier alpha value is -0.570. The number of hydrogen-bond donors (Lipinski definition) is 2. The van der Waals surface area contributed by atoms with Gasteiger partial charge in [0.1, 0.15) is 0 Å². The van der Waals surface area contributed by atoms with Gasteiger partial charge in [0.05, 0.1) is 0 Å². The second-order valence-electron chi connectivity index (χ2n) is 3.02. The molecule has 0 radical (unpaired) electrons. The molecule has 0 aromatic carbocycles. The van der Waals surface area contributed by atoms with Crippen LogP contribution >= 0.6 is 0 Å². The van der Waals surface area contributed by atoms with Crippen molar-refractivity contribution in [2.75, 3.05) is 13.6 Å². The molecule has 0 bridgehead atoms. The van der Waals surface area contributed by atoms with E-state index in [0.717, 1.165) is 13.0 Å². The lowest BCUT2D eigenvalue weighted by Gasteiger charge is -2.22. The molecule has 1 amide bonds. The predicted octanol–water partition coefficient (Wildman–Crippen LogP) is 0.265. The molecule has 1 saturated heterocycles. The van der Waals surface area contributed by atoms with Gasteiger partial charge in [0.15, 0.2) is 0 Å². The zero-order chi connectivity index (χ0) is 8.10. The molecule has 0 saturated carbocycles. The fourth-order valence-corrected chi connectivity index (χ4v) is 1.42. The van der Waals surface area contributed by atoms with E-state index in [1.165, 1.54) is 12.8 Å². The standard InChI is InChI=1S/C8H16N2O/c1-9-8(11)6-7-4-2-3-5-10-7/h7,10H,2-6H2,1H3,(H,9,11). The second kappa shape index (κ2) is 4.34. The maximum Gasteiger partial charge on any atom is 0.221 e. The first-order chi connectivity index (χ1) is 5.33. The van der Waals surface area contributed by atoms with Gasteiger partial charge in [-0.25, -0.2) is 0 Å². The first-order valence-corrected chi connectivity index (χ1v) is 4.27. The highest BCUT2D eigenvalue weighted by atomic mass is 16.1. The third-order valence-corrected chi connectivity index (χ3v) is 2.12. The van der Waals surface area contributed by atoms with E-state index in [-0.39, 0.29) is 5.91 Å². The van der Waals surface area contributed by atoms with E-state index in [9.17, 15) is 4.79 Å². The van der Waals surface area contributed by atoms with Crippen LogP contribution in [0, 0.1) is 0 Å². The molecule has 0 aromatic rings. The number of nitrogens with one attached hydrogen (secondary N) is 2. The molecule has 1 aliphatic heterocycles. The summed E-state index contributed by atoms with van der Waals surface area (Å²) in [7, 11) is 1.69. The maximum absolute atomic E-state index is 10.9. The van der Waals surface area contributed by atoms with Gasteiger partial charge in [0, 0.05) is 19.5 Å². The van der Waals surface area contributed by atoms with Crippen LogP contribution in [0.4, 0.5) is 0 Å². The van der Waals surface area contributed by atoms with Gasteiger partial charge in [0.25, 0.3) is 0 Å². The summed E-state index contributed by atoms with van der Waals surface area (Å²) in [6, 6.07) is 0.420. The zero-order valence-corrected chi connectivity index (χ0v) is 7.02. The Morgan fingerprint density at radius 1 is 1.64 bits per heavy atom. The molecule has 1 aliphatic rings. The van der Waals surface area contributed by atoms with Crippen molar-refractivity contribution in [2.45, 2.75) is 31.7 Å². The zero-order valence-electron chi connectivity index (χ0n) is 7.02. The van der Waals surface area contributed by atoms with Crippen LogP contribution in [0.15, 0.2) is 0 Å². The van der Waals surface area contributed by atoms with Gasteiger partial charge in [-0.1, -0.05) is 6.42 Å². The van der Waals surface area contributed by atoms with Crippen LogP contribution in [0.5, 0.6) is 0 Å². The second-order valence-corrected chi connectivity index (χ2v) is 3.02. The van der Waals surface area contributed by atoms with E-state index in [0.29, 0.717) is 12.5 Å². The van der Waals surface area contributed by atoms with Crippen molar-refractivity contribution >= 4 is 5.91 Å². The molecule has 3 nitrogen and oxygen atoms in total. The Bertz CT molecular complexity index is 130. The predicted molar refractivity (Wildman–Crippen MR) is 44.3 cm³/mol. The van der Waals surface area contributed by atoms with E-state index in [4.69, 9.17) is 0 Å². The summed E-state index contributed by atoms with van der Waals surface area (Å²) in [4.78, 5) is 10.9. The van der Waals surface area contributed by atoms with Crippen molar-refractivity contribution in [2.24, 2.45) is 0 Å². The lowest BCUT2D eigenvalue weighted by atomic mass is 10.0. The first kappa shape index (κ1) is 8.53. The van der Waals surface area contributed by atoms with E-state index in [2.05, 4.69) is 10.6 Å². The van der Waals surface area contributed by atoms with Crippen LogP contribution in [0.3, 0.4) is 0 Å². The first-order valence-electron chi connectivity index (χ1n) is 4.27.